The number of benzene rings is 3. The highest BCUT2D eigenvalue weighted by molar-refractivity contribution is 5.80. The number of rotatable bonds is 7. The molecule has 0 fully saturated rings. The first-order valence-electron chi connectivity index (χ1n) is 10.7. The minimum Gasteiger partial charge on any atom is -0.497 e. The van der Waals surface area contributed by atoms with E-state index in [1.807, 2.05) is 93.6 Å². The summed E-state index contributed by atoms with van der Waals surface area (Å²) in [7, 11) is 1.65. The summed E-state index contributed by atoms with van der Waals surface area (Å²) >= 11 is 0. The second-order valence-electron chi connectivity index (χ2n) is 7.59. The minimum atomic E-state index is 0.126. The van der Waals surface area contributed by atoms with Crippen molar-refractivity contribution in [3.63, 3.8) is 0 Å². The summed E-state index contributed by atoms with van der Waals surface area (Å²) in [5.74, 6) is 3.13. The third-order valence-electron chi connectivity index (χ3n) is 4.86. The molecule has 5 heteroatoms. The van der Waals surface area contributed by atoms with Crippen LogP contribution in [0.1, 0.15) is 20.8 Å². The van der Waals surface area contributed by atoms with Crippen molar-refractivity contribution >= 4 is 16.7 Å². The highest BCUT2D eigenvalue weighted by Crippen LogP contribution is 2.27. The zero-order valence-electron chi connectivity index (χ0n) is 18.8. The molecule has 0 amide bonds. The normalized spacial score (nSPS) is 11.7. The van der Waals surface area contributed by atoms with Gasteiger partial charge in [0.2, 0.25) is 0 Å². The predicted molar refractivity (Wildman–Crippen MR) is 127 cm³/mol. The molecule has 32 heavy (non-hydrogen) atoms. The maximum Gasteiger partial charge on any atom is 0.137 e. The quantitative estimate of drug-likeness (QED) is 0.335. The van der Waals surface area contributed by atoms with E-state index in [0.29, 0.717) is 6.61 Å². The Morgan fingerprint density at radius 2 is 1.53 bits per heavy atom. The van der Waals surface area contributed by atoms with Gasteiger partial charge in [-0.1, -0.05) is 0 Å². The number of hydrogen-bond acceptors (Lipinski definition) is 5. The highest BCUT2D eigenvalue weighted by atomic mass is 16.5. The Hall–Kier alpha value is -3.73. The molecule has 164 valence electrons. The fraction of sp³-hybridized carbons (Fsp3) is 0.222. The van der Waals surface area contributed by atoms with Crippen molar-refractivity contribution in [1.82, 2.24) is 0 Å². The molecule has 0 aliphatic rings. The summed E-state index contributed by atoms with van der Waals surface area (Å²) in [5, 5.41) is 1.69. The van der Waals surface area contributed by atoms with Crippen molar-refractivity contribution < 1.29 is 18.6 Å². The van der Waals surface area contributed by atoms with Gasteiger partial charge in [-0.25, -0.2) is 4.99 Å². The first-order chi connectivity index (χ1) is 15.6. The second kappa shape index (κ2) is 9.60. The second-order valence-corrected chi connectivity index (χ2v) is 7.59. The van der Waals surface area contributed by atoms with Crippen molar-refractivity contribution in [3.05, 3.63) is 78.2 Å². The zero-order valence-corrected chi connectivity index (χ0v) is 18.8. The van der Waals surface area contributed by atoms with Gasteiger partial charge in [-0.3, -0.25) is 0 Å². The van der Waals surface area contributed by atoms with Gasteiger partial charge in [-0.15, -0.1) is 0 Å². The molecule has 0 saturated carbocycles. The molecule has 0 atom stereocenters. The number of hydrogen-bond donors (Lipinski definition) is 0. The molecular weight excluding hydrogens is 402 g/mol. The highest BCUT2D eigenvalue weighted by Gasteiger charge is 2.08. The van der Waals surface area contributed by atoms with Crippen LogP contribution in [0.3, 0.4) is 0 Å². The Bertz CT molecular complexity index is 1260. The molecule has 0 saturated heterocycles. The van der Waals surface area contributed by atoms with Crippen LogP contribution in [0, 0.1) is 0 Å². The number of nitrogens with zero attached hydrogens (tertiary/aromatic N) is 1. The molecule has 5 nitrogen and oxygen atoms in total. The van der Waals surface area contributed by atoms with Gasteiger partial charge in [0.25, 0.3) is 0 Å². The molecular formula is C27H27NO4. The first-order valence-corrected chi connectivity index (χ1v) is 10.7. The van der Waals surface area contributed by atoms with Gasteiger partial charge in [0.05, 0.1) is 30.9 Å². The van der Waals surface area contributed by atoms with Crippen LogP contribution in [0.15, 0.2) is 82.2 Å². The van der Waals surface area contributed by atoms with Crippen LogP contribution in [0.25, 0.3) is 22.3 Å². The Balaban J connectivity index is 1.84. The van der Waals surface area contributed by atoms with E-state index in [1.165, 1.54) is 0 Å². The van der Waals surface area contributed by atoms with Crippen molar-refractivity contribution in [2.45, 2.75) is 26.9 Å². The fourth-order valence-electron chi connectivity index (χ4n) is 3.41. The lowest BCUT2D eigenvalue weighted by Crippen LogP contribution is -2.05. The summed E-state index contributed by atoms with van der Waals surface area (Å²) in [5.41, 5.74) is 2.51. The van der Waals surface area contributed by atoms with E-state index < -0.39 is 0 Å². The average Bonchev–Trinajstić information content (AvgIpc) is 2.80. The van der Waals surface area contributed by atoms with Gasteiger partial charge in [-0.05, 0) is 87.5 Å². The van der Waals surface area contributed by atoms with E-state index in [2.05, 4.69) is 0 Å². The Morgan fingerprint density at radius 1 is 0.844 bits per heavy atom. The maximum absolute atomic E-state index is 6.22. The lowest BCUT2D eigenvalue weighted by atomic mass is 10.1. The smallest absolute Gasteiger partial charge is 0.137 e. The van der Waals surface area contributed by atoms with Crippen LogP contribution in [-0.4, -0.2) is 19.8 Å². The van der Waals surface area contributed by atoms with E-state index >= 15 is 0 Å². The summed E-state index contributed by atoms with van der Waals surface area (Å²) in [4.78, 5) is 4.91. The SMILES string of the molecule is CCOc1ccc2oc(-c3ccc(OC)cc3)cc(=Nc3ccc(OC(C)C)cc3)c2c1. The van der Waals surface area contributed by atoms with E-state index in [1.54, 1.807) is 7.11 Å². The lowest BCUT2D eigenvalue weighted by molar-refractivity contribution is 0.242. The first kappa shape index (κ1) is 21.5. The zero-order chi connectivity index (χ0) is 22.5. The third kappa shape index (κ3) is 4.94. The van der Waals surface area contributed by atoms with Crippen LogP contribution in [0.5, 0.6) is 17.2 Å². The van der Waals surface area contributed by atoms with Crippen molar-refractivity contribution in [2.75, 3.05) is 13.7 Å². The molecule has 4 rings (SSSR count). The van der Waals surface area contributed by atoms with Gasteiger partial charge in [0, 0.05) is 17.0 Å². The molecule has 0 N–H and O–H groups in total. The van der Waals surface area contributed by atoms with Crippen LogP contribution in [-0.2, 0) is 0 Å². The lowest BCUT2D eigenvalue weighted by Gasteiger charge is -2.10. The van der Waals surface area contributed by atoms with Crippen molar-refractivity contribution in [2.24, 2.45) is 4.99 Å². The Morgan fingerprint density at radius 3 is 2.19 bits per heavy atom. The van der Waals surface area contributed by atoms with Gasteiger partial charge in [0.15, 0.2) is 0 Å². The largest absolute Gasteiger partial charge is 0.497 e. The molecule has 0 aliphatic carbocycles. The van der Waals surface area contributed by atoms with Crippen LogP contribution < -0.4 is 19.6 Å². The molecule has 1 heterocycles. The molecule has 1 aromatic heterocycles. The van der Waals surface area contributed by atoms with Crippen LogP contribution >= 0.6 is 0 Å². The minimum absolute atomic E-state index is 0.126. The summed E-state index contributed by atoms with van der Waals surface area (Å²) in [6, 6.07) is 23.3. The van der Waals surface area contributed by atoms with Gasteiger partial charge in [0.1, 0.15) is 28.6 Å². The van der Waals surface area contributed by atoms with Crippen molar-refractivity contribution in [1.29, 1.82) is 0 Å². The monoisotopic (exact) mass is 429 g/mol. The van der Waals surface area contributed by atoms with Crippen LogP contribution in [0.2, 0.25) is 0 Å². The predicted octanol–water partition coefficient (Wildman–Crippen LogP) is 6.53. The molecule has 0 radical (unpaired) electrons. The van der Waals surface area contributed by atoms with Crippen molar-refractivity contribution in [3.8, 4) is 28.6 Å². The van der Waals surface area contributed by atoms with E-state index in [4.69, 9.17) is 23.6 Å². The summed E-state index contributed by atoms with van der Waals surface area (Å²) in [6.45, 7) is 6.58. The van der Waals surface area contributed by atoms with E-state index in [9.17, 15) is 0 Å². The average molecular weight is 430 g/mol. The summed E-state index contributed by atoms with van der Waals surface area (Å²) < 4.78 is 22.9. The topological polar surface area (TPSA) is 53.2 Å². The molecule has 0 bridgehead atoms. The molecule has 3 aromatic carbocycles. The Labute approximate surface area is 187 Å². The standard InChI is InChI=1S/C27H27NO4/c1-5-30-23-14-15-26-24(16-23)25(28-20-8-12-22(13-9-20)31-18(2)3)17-27(32-26)19-6-10-21(29-4)11-7-19/h6-18H,5H2,1-4H3. The fourth-order valence-corrected chi connectivity index (χ4v) is 3.41. The number of methoxy groups -OCH3 is 1. The summed E-state index contributed by atoms with van der Waals surface area (Å²) in [6.07, 6.45) is 0.126. The van der Waals surface area contributed by atoms with E-state index in [-0.39, 0.29) is 6.10 Å². The maximum atomic E-state index is 6.22. The van der Waals surface area contributed by atoms with Gasteiger partial charge < -0.3 is 18.6 Å². The molecule has 0 unspecified atom stereocenters. The molecule has 4 aromatic rings. The molecule has 0 aliphatic heterocycles. The van der Waals surface area contributed by atoms with Gasteiger partial charge >= 0.3 is 0 Å². The number of fused-ring (bicyclic) bond motifs is 1. The van der Waals surface area contributed by atoms with E-state index in [0.717, 1.165) is 50.6 Å². The third-order valence-corrected chi connectivity index (χ3v) is 4.86. The van der Waals surface area contributed by atoms with Gasteiger partial charge in [-0.2, -0.15) is 0 Å². The Kier molecular flexibility index (Phi) is 6.45. The van der Waals surface area contributed by atoms with Crippen LogP contribution in [0.4, 0.5) is 5.69 Å². The number of ether oxygens (including phenoxy) is 3. The molecule has 0 spiro atoms.